The second kappa shape index (κ2) is 11.2. The Morgan fingerprint density at radius 2 is 1.62 bits per heavy atom. The summed E-state index contributed by atoms with van der Waals surface area (Å²) in [6.07, 6.45) is 0.0263. The molecule has 2 N–H and O–H groups in total. The first-order chi connectivity index (χ1) is 18.0. The molecule has 0 aliphatic carbocycles. The summed E-state index contributed by atoms with van der Waals surface area (Å²) in [6, 6.07) is 26.5. The van der Waals surface area contributed by atoms with Crippen molar-refractivity contribution in [3.63, 3.8) is 0 Å². The molecule has 37 heavy (non-hydrogen) atoms. The smallest absolute Gasteiger partial charge is 0.260 e. The molecule has 0 aliphatic heterocycles. The highest BCUT2D eigenvalue weighted by molar-refractivity contribution is 7.17. The number of nitrogens with zero attached hydrogens (tertiary/aromatic N) is 2. The summed E-state index contributed by atoms with van der Waals surface area (Å²) in [6.45, 7) is 5.67. The lowest BCUT2D eigenvalue weighted by atomic mass is 9.99. The predicted molar refractivity (Wildman–Crippen MR) is 152 cm³/mol. The van der Waals surface area contributed by atoms with Gasteiger partial charge < -0.3 is 10.1 Å². The quantitative estimate of drug-likeness (QED) is 0.261. The van der Waals surface area contributed by atoms with Crippen LogP contribution in [0.1, 0.15) is 28.1 Å². The molecule has 2 heterocycles. The Labute approximate surface area is 221 Å². The fourth-order valence-electron chi connectivity index (χ4n) is 4.78. The van der Waals surface area contributed by atoms with Gasteiger partial charge in [-0.05, 0) is 42.5 Å². The van der Waals surface area contributed by atoms with Crippen LogP contribution in [0, 0.1) is 13.8 Å². The van der Waals surface area contributed by atoms with Crippen LogP contribution in [0.25, 0.3) is 21.3 Å². The maximum Gasteiger partial charge on any atom is 0.260 e. The van der Waals surface area contributed by atoms with E-state index in [0.717, 1.165) is 38.2 Å². The summed E-state index contributed by atoms with van der Waals surface area (Å²) in [5.74, 6) is 0.606. The second-order valence-corrected chi connectivity index (χ2v) is 10.5. The van der Waals surface area contributed by atoms with Gasteiger partial charge in [-0.25, -0.2) is 4.98 Å². The molecule has 0 radical (unpaired) electrons. The van der Waals surface area contributed by atoms with Gasteiger partial charge in [-0.3, -0.25) is 9.69 Å². The van der Waals surface area contributed by atoms with Crippen molar-refractivity contribution in [3.8, 4) is 11.1 Å². The molecule has 188 valence electrons. The first kappa shape index (κ1) is 25.1. The van der Waals surface area contributed by atoms with Gasteiger partial charge in [0.25, 0.3) is 5.56 Å². The fraction of sp³-hybridized carbons (Fsp3) is 0.226. The highest BCUT2D eigenvalue weighted by Gasteiger charge is 2.18. The zero-order valence-electron chi connectivity index (χ0n) is 21.1. The first-order valence-corrected chi connectivity index (χ1v) is 13.4. The SMILES string of the molecule is Cc1ccc(C)c(-c2csc3nc(CN(Cc4ccccc4)CC(O)Cc4ccccc4)[nH]c(=O)c23)c1. The number of aryl methyl sites for hydroxylation is 2. The highest BCUT2D eigenvalue weighted by Crippen LogP contribution is 2.33. The third-order valence-electron chi connectivity index (χ3n) is 6.58. The monoisotopic (exact) mass is 509 g/mol. The molecule has 2 aromatic heterocycles. The van der Waals surface area contributed by atoms with Crippen LogP contribution >= 0.6 is 11.3 Å². The highest BCUT2D eigenvalue weighted by atomic mass is 32.1. The van der Waals surface area contributed by atoms with Crippen LogP contribution in [-0.4, -0.2) is 32.6 Å². The first-order valence-electron chi connectivity index (χ1n) is 12.5. The number of aromatic nitrogens is 2. The number of aliphatic hydroxyl groups excluding tert-OH is 1. The molecule has 0 aliphatic rings. The van der Waals surface area contributed by atoms with Crippen LogP contribution in [-0.2, 0) is 19.5 Å². The number of benzene rings is 3. The van der Waals surface area contributed by atoms with Crippen molar-refractivity contribution in [1.82, 2.24) is 14.9 Å². The molecular formula is C31H31N3O2S. The largest absolute Gasteiger partial charge is 0.391 e. The lowest BCUT2D eigenvalue weighted by molar-refractivity contribution is 0.103. The van der Waals surface area contributed by atoms with E-state index >= 15 is 0 Å². The van der Waals surface area contributed by atoms with Gasteiger partial charge in [0.1, 0.15) is 10.7 Å². The average molecular weight is 510 g/mol. The van der Waals surface area contributed by atoms with Crippen molar-refractivity contribution in [3.05, 3.63) is 123 Å². The van der Waals surface area contributed by atoms with Crippen molar-refractivity contribution in [2.24, 2.45) is 0 Å². The Morgan fingerprint density at radius 1 is 0.919 bits per heavy atom. The Kier molecular flexibility index (Phi) is 7.60. The number of thiophene rings is 1. The fourth-order valence-corrected chi connectivity index (χ4v) is 5.74. The molecule has 0 bridgehead atoms. The minimum Gasteiger partial charge on any atom is -0.391 e. The summed E-state index contributed by atoms with van der Waals surface area (Å²) in [4.78, 5) is 24.1. The van der Waals surface area contributed by atoms with Gasteiger partial charge >= 0.3 is 0 Å². The van der Waals surface area contributed by atoms with Gasteiger partial charge in [0, 0.05) is 24.0 Å². The number of H-pyrrole nitrogens is 1. The lowest BCUT2D eigenvalue weighted by Crippen LogP contribution is -2.34. The van der Waals surface area contributed by atoms with E-state index in [1.807, 2.05) is 53.9 Å². The maximum atomic E-state index is 13.3. The van der Waals surface area contributed by atoms with Crippen molar-refractivity contribution in [2.75, 3.05) is 6.54 Å². The van der Waals surface area contributed by atoms with Crippen LogP contribution in [0.3, 0.4) is 0 Å². The standard InChI is InChI=1S/C31H31N3O2S/c1-21-13-14-22(2)26(15-21)27-20-37-31-29(27)30(36)32-28(33-31)19-34(17-24-11-7-4-8-12-24)18-25(35)16-23-9-5-3-6-10-23/h3-15,20,25,35H,16-19H2,1-2H3,(H,32,33,36). The number of rotatable bonds is 9. The topological polar surface area (TPSA) is 69.2 Å². The Hall–Kier alpha value is -3.58. The average Bonchev–Trinajstić information content (AvgIpc) is 3.31. The van der Waals surface area contributed by atoms with Crippen molar-refractivity contribution >= 4 is 21.6 Å². The molecule has 0 saturated heterocycles. The number of nitrogens with one attached hydrogen (secondary N) is 1. The van der Waals surface area contributed by atoms with Crippen molar-refractivity contribution < 1.29 is 5.11 Å². The molecule has 5 nitrogen and oxygen atoms in total. The van der Waals surface area contributed by atoms with Gasteiger partial charge in [-0.15, -0.1) is 11.3 Å². The van der Waals surface area contributed by atoms with Crippen LogP contribution in [0.2, 0.25) is 0 Å². The lowest BCUT2D eigenvalue weighted by Gasteiger charge is -2.25. The maximum absolute atomic E-state index is 13.3. The molecule has 1 unspecified atom stereocenters. The third-order valence-corrected chi connectivity index (χ3v) is 7.45. The summed E-state index contributed by atoms with van der Waals surface area (Å²) in [5, 5.41) is 13.6. The van der Waals surface area contributed by atoms with E-state index in [2.05, 4.69) is 54.1 Å². The van der Waals surface area contributed by atoms with Crippen LogP contribution in [0.5, 0.6) is 0 Å². The molecular weight excluding hydrogens is 478 g/mol. The van der Waals surface area contributed by atoms with E-state index in [9.17, 15) is 9.90 Å². The molecule has 0 fully saturated rings. The number of aromatic amines is 1. The van der Waals surface area contributed by atoms with E-state index in [0.29, 0.717) is 37.3 Å². The van der Waals surface area contributed by atoms with Gasteiger partial charge in [-0.1, -0.05) is 84.4 Å². The van der Waals surface area contributed by atoms with Gasteiger partial charge in [0.05, 0.1) is 18.0 Å². The summed E-state index contributed by atoms with van der Waals surface area (Å²) >= 11 is 1.50. The van der Waals surface area contributed by atoms with E-state index in [4.69, 9.17) is 4.98 Å². The van der Waals surface area contributed by atoms with Crippen molar-refractivity contribution in [2.45, 2.75) is 39.5 Å². The minimum absolute atomic E-state index is 0.123. The Bertz CT molecular complexity index is 1540. The molecule has 0 saturated carbocycles. The van der Waals surface area contributed by atoms with E-state index in [1.54, 1.807) is 0 Å². The summed E-state index contributed by atoms with van der Waals surface area (Å²) in [7, 11) is 0. The molecule has 5 rings (SSSR count). The van der Waals surface area contributed by atoms with Crippen LogP contribution < -0.4 is 5.56 Å². The second-order valence-electron chi connectivity index (χ2n) is 9.66. The number of aliphatic hydroxyl groups is 1. The van der Waals surface area contributed by atoms with Gasteiger partial charge in [0.2, 0.25) is 0 Å². The third kappa shape index (κ3) is 6.05. The summed E-state index contributed by atoms with van der Waals surface area (Å²) < 4.78 is 0. The molecule has 5 aromatic rings. The normalized spacial score (nSPS) is 12.3. The van der Waals surface area contributed by atoms with Crippen molar-refractivity contribution in [1.29, 1.82) is 0 Å². The molecule has 0 spiro atoms. The molecule has 3 aromatic carbocycles. The number of hydrogen-bond acceptors (Lipinski definition) is 5. The Morgan fingerprint density at radius 3 is 2.35 bits per heavy atom. The van der Waals surface area contributed by atoms with Gasteiger partial charge in [-0.2, -0.15) is 0 Å². The zero-order valence-corrected chi connectivity index (χ0v) is 22.0. The van der Waals surface area contributed by atoms with E-state index in [1.165, 1.54) is 11.3 Å². The van der Waals surface area contributed by atoms with Crippen LogP contribution in [0.4, 0.5) is 0 Å². The molecule has 1 atom stereocenters. The minimum atomic E-state index is -0.542. The number of hydrogen-bond donors (Lipinski definition) is 2. The van der Waals surface area contributed by atoms with E-state index < -0.39 is 6.10 Å². The Balaban J connectivity index is 1.42. The zero-order chi connectivity index (χ0) is 25.8. The van der Waals surface area contributed by atoms with E-state index in [-0.39, 0.29) is 5.56 Å². The summed E-state index contributed by atoms with van der Waals surface area (Å²) in [5.41, 5.74) is 6.41. The number of fused-ring (bicyclic) bond motifs is 1. The van der Waals surface area contributed by atoms with Crippen LogP contribution in [0.15, 0.2) is 89.0 Å². The predicted octanol–water partition coefficient (Wildman–Crippen LogP) is 5.87. The van der Waals surface area contributed by atoms with Gasteiger partial charge in [0.15, 0.2) is 0 Å². The molecule has 0 amide bonds. The molecule has 6 heteroatoms.